The quantitative estimate of drug-likeness (QED) is 0.558. The second-order valence-electron chi connectivity index (χ2n) is 6.22. The van der Waals surface area contributed by atoms with Gasteiger partial charge in [0, 0.05) is 44.9 Å². The summed E-state index contributed by atoms with van der Waals surface area (Å²) >= 11 is 0. The minimum absolute atomic E-state index is 0.181. The summed E-state index contributed by atoms with van der Waals surface area (Å²) in [5.74, 6) is 0. The fourth-order valence-electron chi connectivity index (χ4n) is 2.42. The molecule has 0 bridgehead atoms. The highest BCUT2D eigenvalue weighted by atomic mass is 16.5. The first-order valence-corrected chi connectivity index (χ1v) is 7.65. The van der Waals surface area contributed by atoms with Crippen LogP contribution in [0.15, 0.2) is 0 Å². The van der Waals surface area contributed by atoms with Gasteiger partial charge in [0.2, 0.25) is 0 Å². The third-order valence-corrected chi connectivity index (χ3v) is 4.04. The summed E-state index contributed by atoms with van der Waals surface area (Å²) in [6, 6.07) is 0.968. The zero-order valence-corrected chi connectivity index (χ0v) is 13.5. The fraction of sp³-hybridized carbons (Fsp3) is 1.00. The van der Waals surface area contributed by atoms with Gasteiger partial charge >= 0.3 is 0 Å². The summed E-state index contributed by atoms with van der Waals surface area (Å²) in [5, 5.41) is 13.2. The maximum Gasteiger partial charge on any atom is 0.0615 e. The minimum atomic E-state index is -0.181. The van der Waals surface area contributed by atoms with Crippen molar-refractivity contribution in [3.05, 3.63) is 0 Å². The van der Waals surface area contributed by atoms with Crippen molar-refractivity contribution in [2.75, 3.05) is 47.1 Å². The molecule has 1 fully saturated rings. The average molecular weight is 288 g/mol. The van der Waals surface area contributed by atoms with E-state index in [0.717, 1.165) is 32.7 Å². The molecule has 0 aliphatic heterocycles. The molecule has 120 valence electrons. The van der Waals surface area contributed by atoms with Gasteiger partial charge in [-0.1, -0.05) is 0 Å². The van der Waals surface area contributed by atoms with Crippen LogP contribution < -0.4 is 5.32 Å². The third kappa shape index (κ3) is 6.50. The monoisotopic (exact) mass is 288 g/mol. The normalized spacial score (nSPS) is 20.1. The molecule has 2 unspecified atom stereocenters. The van der Waals surface area contributed by atoms with Crippen LogP contribution in [-0.4, -0.2) is 74.8 Å². The first-order chi connectivity index (χ1) is 9.54. The lowest BCUT2D eigenvalue weighted by Crippen LogP contribution is -2.50. The first kappa shape index (κ1) is 17.9. The Morgan fingerprint density at radius 3 is 2.50 bits per heavy atom. The lowest BCUT2D eigenvalue weighted by molar-refractivity contribution is 0.0630. The Morgan fingerprint density at radius 2 is 2.00 bits per heavy atom. The van der Waals surface area contributed by atoms with Crippen molar-refractivity contribution in [2.45, 2.75) is 50.7 Å². The van der Waals surface area contributed by atoms with Crippen molar-refractivity contribution in [2.24, 2.45) is 0 Å². The zero-order chi connectivity index (χ0) is 15.0. The Hall–Kier alpha value is -0.200. The minimum Gasteiger partial charge on any atom is -0.394 e. The molecular formula is C15H32N2O3. The van der Waals surface area contributed by atoms with Crippen LogP contribution in [0.1, 0.15) is 33.1 Å². The molecule has 2 atom stereocenters. The van der Waals surface area contributed by atoms with Crippen LogP contribution in [-0.2, 0) is 9.47 Å². The van der Waals surface area contributed by atoms with E-state index in [1.165, 1.54) is 12.8 Å². The molecule has 0 radical (unpaired) electrons. The van der Waals surface area contributed by atoms with E-state index in [1.54, 1.807) is 14.2 Å². The topological polar surface area (TPSA) is 54.0 Å². The van der Waals surface area contributed by atoms with Gasteiger partial charge < -0.3 is 19.9 Å². The average Bonchev–Trinajstić information content (AvgIpc) is 3.23. The number of rotatable bonds is 12. The predicted octanol–water partition coefficient (Wildman–Crippen LogP) is 0.863. The Balaban J connectivity index is 2.44. The number of nitrogens with zero attached hydrogens (tertiary/aromatic N) is 1. The standard InChI is InChI=1S/C15H32N2O3/c1-13(11-20-4)17(9-10-19-3)8-7-15(2,12-18)16-14-5-6-14/h13-14,16,18H,5-12H2,1-4H3. The molecule has 0 heterocycles. The molecule has 1 aliphatic rings. The van der Waals surface area contributed by atoms with Gasteiger partial charge in [0.15, 0.2) is 0 Å². The number of aliphatic hydroxyl groups is 1. The largest absolute Gasteiger partial charge is 0.394 e. The molecule has 0 aromatic carbocycles. The number of hydrogen-bond donors (Lipinski definition) is 2. The SMILES string of the molecule is COCCN(CCC(C)(CO)NC1CC1)C(C)COC. The van der Waals surface area contributed by atoms with E-state index in [1.807, 2.05) is 0 Å². The van der Waals surface area contributed by atoms with Crippen LogP contribution in [0.2, 0.25) is 0 Å². The van der Waals surface area contributed by atoms with Gasteiger partial charge in [0.1, 0.15) is 0 Å². The van der Waals surface area contributed by atoms with Crippen LogP contribution in [0.4, 0.5) is 0 Å². The Kier molecular flexibility index (Phi) is 7.99. The molecule has 2 N–H and O–H groups in total. The molecular weight excluding hydrogens is 256 g/mol. The molecule has 1 saturated carbocycles. The van der Waals surface area contributed by atoms with Gasteiger partial charge in [0.25, 0.3) is 0 Å². The van der Waals surface area contributed by atoms with Gasteiger partial charge in [-0.2, -0.15) is 0 Å². The van der Waals surface area contributed by atoms with Crippen molar-refractivity contribution < 1.29 is 14.6 Å². The smallest absolute Gasteiger partial charge is 0.0615 e. The van der Waals surface area contributed by atoms with Gasteiger partial charge in [-0.3, -0.25) is 4.90 Å². The Labute approximate surface area is 123 Å². The summed E-state index contributed by atoms with van der Waals surface area (Å²) in [7, 11) is 3.46. The van der Waals surface area contributed by atoms with Crippen LogP contribution in [0, 0.1) is 0 Å². The number of hydrogen-bond acceptors (Lipinski definition) is 5. The van der Waals surface area contributed by atoms with Crippen LogP contribution in [0.3, 0.4) is 0 Å². The lowest BCUT2D eigenvalue weighted by Gasteiger charge is -2.34. The zero-order valence-electron chi connectivity index (χ0n) is 13.5. The third-order valence-electron chi connectivity index (χ3n) is 4.04. The molecule has 20 heavy (non-hydrogen) atoms. The lowest BCUT2D eigenvalue weighted by atomic mass is 9.98. The van der Waals surface area contributed by atoms with Crippen molar-refractivity contribution >= 4 is 0 Å². The van der Waals surface area contributed by atoms with E-state index in [9.17, 15) is 5.11 Å². The van der Waals surface area contributed by atoms with E-state index >= 15 is 0 Å². The second kappa shape index (κ2) is 8.95. The van der Waals surface area contributed by atoms with Gasteiger partial charge in [-0.05, 0) is 33.1 Å². The van der Waals surface area contributed by atoms with Crippen molar-refractivity contribution in [1.29, 1.82) is 0 Å². The summed E-state index contributed by atoms with van der Waals surface area (Å²) < 4.78 is 10.4. The summed E-state index contributed by atoms with van der Waals surface area (Å²) in [6.45, 7) is 7.73. The first-order valence-electron chi connectivity index (χ1n) is 7.65. The predicted molar refractivity (Wildman–Crippen MR) is 81.1 cm³/mol. The van der Waals surface area contributed by atoms with Crippen LogP contribution in [0.25, 0.3) is 0 Å². The van der Waals surface area contributed by atoms with E-state index in [4.69, 9.17) is 9.47 Å². The molecule has 5 heteroatoms. The molecule has 1 aliphatic carbocycles. The molecule has 0 spiro atoms. The van der Waals surface area contributed by atoms with E-state index in [-0.39, 0.29) is 12.1 Å². The molecule has 0 saturated heterocycles. The van der Waals surface area contributed by atoms with Crippen molar-refractivity contribution in [3.8, 4) is 0 Å². The maximum atomic E-state index is 9.66. The highest BCUT2D eigenvalue weighted by Gasteiger charge is 2.32. The maximum absolute atomic E-state index is 9.66. The molecule has 0 amide bonds. The van der Waals surface area contributed by atoms with Gasteiger partial charge in [-0.25, -0.2) is 0 Å². The fourth-order valence-corrected chi connectivity index (χ4v) is 2.42. The highest BCUT2D eigenvalue weighted by molar-refractivity contribution is 4.93. The molecule has 1 rings (SSSR count). The van der Waals surface area contributed by atoms with Crippen LogP contribution in [0.5, 0.6) is 0 Å². The number of methoxy groups -OCH3 is 2. The summed E-state index contributed by atoms with van der Waals surface area (Å²) in [6.07, 6.45) is 3.41. The molecule has 0 aromatic rings. The number of aliphatic hydroxyl groups excluding tert-OH is 1. The molecule has 5 nitrogen and oxygen atoms in total. The Bertz CT molecular complexity index is 262. The summed E-state index contributed by atoms with van der Waals surface area (Å²) in [5.41, 5.74) is -0.181. The highest BCUT2D eigenvalue weighted by Crippen LogP contribution is 2.24. The van der Waals surface area contributed by atoms with E-state index in [0.29, 0.717) is 12.1 Å². The van der Waals surface area contributed by atoms with Crippen molar-refractivity contribution in [3.63, 3.8) is 0 Å². The van der Waals surface area contributed by atoms with Gasteiger partial charge in [0.05, 0.1) is 19.8 Å². The van der Waals surface area contributed by atoms with Gasteiger partial charge in [-0.15, -0.1) is 0 Å². The van der Waals surface area contributed by atoms with E-state index in [2.05, 4.69) is 24.1 Å². The molecule has 0 aromatic heterocycles. The van der Waals surface area contributed by atoms with Crippen LogP contribution >= 0.6 is 0 Å². The van der Waals surface area contributed by atoms with Crippen molar-refractivity contribution in [1.82, 2.24) is 10.2 Å². The van der Waals surface area contributed by atoms with E-state index < -0.39 is 0 Å². The Morgan fingerprint density at radius 1 is 1.30 bits per heavy atom. The second-order valence-corrected chi connectivity index (χ2v) is 6.22. The number of ether oxygens (including phenoxy) is 2. The number of nitrogens with one attached hydrogen (secondary N) is 1. The summed E-state index contributed by atoms with van der Waals surface area (Å²) in [4.78, 5) is 2.37.